The van der Waals surface area contributed by atoms with Gasteiger partial charge in [-0.25, -0.2) is 0 Å². The molecule has 0 heterocycles. The van der Waals surface area contributed by atoms with Crippen molar-refractivity contribution in [1.82, 2.24) is 0 Å². The predicted molar refractivity (Wildman–Crippen MR) is 99.0 cm³/mol. The Labute approximate surface area is 140 Å². The minimum atomic E-state index is -0.0264. The van der Waals surface area contributed by atoms with Crippen molar-refractivity contribution in [3.05, 3.63) is 59.2 Å². The highest BCUT2D eigenvalue weighted by molar-refractivity contribution is 5.61. The molecular weight excluding hydrogens is 282 g/mol. The SMILES string of the molecule is CC(C)(C)c1cc(N)c(OCc2ccccc2)c(C(C)(C)C)c1. The second kappa shape index (κ2) is 6.27. The van der Waals surface area contributed by atoms with Crippen LogP contribution in [-0.2, 0) is 17.4 Å². The lowest BCUT2D eigenvalue weighted by molar-refractivity contribution is 0.299. The molecule has 0 fully saturated rings. The van der Waals surface area contributed by atoms with Crippen molar-refractivity contribution in [2.24, 2.45) is 0 Å². The van der Waals surface area contributed by atoms with E-state index < -0.39 is 0 Å². The normalized spacial score (nSPS) is 12.3. The first-order valence-corrected chi connectivity index (χ1v) is 8.20. The Morgan fingerprint density at radius 2 is 1.48 bits per heavy atom. The largest absolute Gasteiger partial charge is 0.486 e. The van der Waals surface area contributed by atoms with Crippen LogP contribution in [0.25, 0.3) is 0 Å². The van der Waals surface area contributed by atoms with Crippen LogP contribution in [0.3, 0.4) is 0 Å². The number of hydrogen-bond acceptors (Lipinski definition) is 2. The molecule has 2 aromatic carbocycles. The maximum Gasteiger partial charge on any atom is 0.146 e. The van der Waals surface area contributed by atoms with Crippen molar-refractivity contribution < 1.29 is 4.74 Å². The van der Waals surface area contributed by atoms with Gasteiger partial charge in [0.25, 0.3) is 0 Å². The molecule has 0 aliphatic carbocycles. The zero-order chi connectivity index (χ0) is 17.3. The molecule has 0 bridgehead atoms. The summed E-state index contributed by atoms with van der Waals surface area (Å²) in [5.74, 6) is 0.814. The Kier molecular flexibility index (Phi) is 4.74. The zero-order valence-electron chi connectivity index (χ0n) is 15.2. The first kappa shape index (κ1) is 17.4. The van der Waals surface area contributed by atoms with Crippen LogP contribution in [0.4, 0.5) is 5.69 Å². The Hall–Kier alpha value is -1.96. The maximum absolute atomic E-state index is 6.35. The number of ether oxygens (including phenoxy) is 1. The molecule has 0 amide bonds. The van der Waals surface area contributed by atoms with Crippen molar-refractivity contribution in [3.8, 4) is 5.75 Å². The molecule has 23 heavy (non-hydrogen) atoms. The second-order valence-corrected chi connectivity index (χ2v) is 8.22. The van der Waals surface area contributed by atoms with Gasteiger partial charge in [0.15, 0.2) is 0 Å². The van der Waals surface area contributed by atoms with Crippen molar-refractivity contribution in [2.75, 3.05) is 5.73 Å². The molecule has 0 saturated carbocycles. The van der Waals surface area contributed by atoms with Crippen LogP contribution in [-0.4, -0.2) is 0 Å². The molecule has 0 unspecified atom stereocenters. The lowest BCUT2D eigenvalue weighted by Gasteiger charge is -2.28. The fraction of sp³-hybridized carbons (Fsp3) is 0.429. The zero-order valence-corrected chi connectivity index (χ0v) is 15.2. The molecule has 2 N–H and O–H groups in total. The van der Waals surface area contributed by atoms with Gasteiger partial charge in [-0.1, -0.05) is 77.9 Å². The predicted octanol–water partition coefficient (Wildman–Crippen LogP) is 5.44. The van der Waals surface area contributed by atoms with E-state index in [1.807, 2.05) is 18.2 Å². The lowest BCUT2D eigenvalue weighted by Crippen LogP contribution is -2.19. The van der Waals surface area contributed by atoms with Gasteiger partial charge in [-0.15, -0.1) is 0 Å². The molecule has 2 rings (SSSR count). The first-order valence-electron chi connectivity index (χ1n) is 8.20. The monoisotopic (exact) mass is 311 g/mol. The first-order chi connectivity index (χ1) is 10.6. The van der Waals surface area contributed by atoms with Crippen LogP contribution < -0.4 is 10.5 Å². The number of anilines is 1. The quantitative estimate of drug-likeness (QED) is 0.766. The van der Waals surface area contributed by atoms with E-state index >= 15 is 0 Å². The van der Waals surface area contributed by atoms with E-state index in [0.29, 0.717) is 6.61 Å². The average molecular weight is 311 g/mol. The molecule has 2 heteroatoms. The number of rotatable bonds is 3. The molecule has 0 spiro atoms. The summed E-state index contributed by atoms with van der Waals surface area (Å²) in [6, 6.07) is 14.5. The van der Waals surface area contributed by atoms with Gasteiger partial charge in [-0.05, 0) is 28.0 Å². The molecule has 0 radical (unpaired) electrons. The number of nitrogens with two attached hydrogens (primary N) is 1. The maximum atomic E-state index is 6.35. The van der Waals surface area contributed by atoms with Gasteiger partial charge in [0, 0.05) is 5.56 Å². The van der Waals surface area contributed by atoms with Crippen LogP contribution in [0.1, 0.15) is 58.2 Å². The molecule has 0 aliphatic heterocycles. The molecule has 2 nitrogen and oxygen atoms in total. The van der Waals surface area contributed by atoms with E-state index in [0.717, 1.165) is 17.0 Å². The van der Waals surface area contributed by atoms with E-state index in [4.69, 9.17) is 10.5 Å². The van der Waals surface area contributed by atoms with Crippen LogP contribution >= 0.6 is 0 Å². The summed E-state index contributed by atoms with van der Waals surface area (Å²) in [5, 5.41) is 0. The van der Waals surface area contributed by atoms with Crippen LogP contribution in [0, 0.1) is 0 Å². The smallest absolute Gasteiger partial charge is 0.146 e. The molecule has 0 aliphatic rings. The number of nitrogen functional groups attached to an aromatic ring is 1. The topological polar surface area (TPSA) is 35.2 Å². The third-order valence-electron chi connectivity index (χ3n) is 4.02. The molecule has 0 atom stereocenters. The Bertz CT molecular complexity index is 661. The third kappa shape index (κ3) is 4.28. The highest BCUT2D eigenvalue weighted by atomic mass is 16.5. The second-order valence-electron chi connectivity index (χ2n) is 8.22. The minimum absolute atomic E-state index is 0.0264. The highest BCUT2D eigenvalue weighted by Crippen LogP contribution is 2.40. The summed E-state index contributed by atoms with van der Waals surface area (Å²) < 4.78 is 6.12. The fourth-order valence-electron chi connectivity index (χ4n) is 2.53. The molecule has 0 aromatic heterocycles. The van der Waals surface area contributed by atoms with E-state index in [9.17, 15) is 0 Å². The molecule has 124 valence electrons. The molecule has 0 saturated heterocycles. The van der Waals surface area contributed by atoms with E-state index in [1.165, 1.54) is 11.1 Å². The van der Waals surface area contributed by atoms with Crippen LogP contribution in [0.15, 0.2) is 42.5 Å². The molecular formula is C21H29NO. The summed E-state index contributed by atoms with van der Waals surface area (Å²) in [4.78, 5) is 0. The minimum Gasteiger partial charge on any atom is -0.486 e. The van der Waals surface area contributed by atoms with Crippen molar-refractivity contribution in [2.45, 2.75) is 59.0 Å². The highest BCUT2D eigenvalue weighted by Gasteiger charge is 2.25. The molecule has 2 aromatic rings. The summed E-state index contributed by atoms with van der Waals surface area (Å²) in [5.41, 5.74) is 10.7. The van der Waals surface area contributed by atoms with E-state index in [-0.39, 0.29) is 10.8 Å². The van der Waals surface area contributed by atoms with Crippen LogP contribution in [0.2, 0.25) is 0 Å². The van der Waals surface area contributed by atoms with Crippen LogP contribution in [0.5, 0.6) is 5.75 Å². The standard InChI is InChI=1S/C21H29NO/c1-20(2,3)16-12-17(21(4,5)6)19(18(22)13-16)23-14-15-10-8-7-9-11-15/h7-13H,14,22H2,1-6H3. The van der Waals surface area contributed by atoms with Gasteiger partial charge in [0.05, 0.1) is 5.69 Å². The average Bonchev–Trinajstić information content (AvgIpc) is 2.44. The lowest BCUT2D eigenvalue weighted by atomic mass is 9.79. The van der Waals surface area contributed by atoms with Gasteiger partial charge < -0.3 is 10.5 Å². The van der Waals surface area contributed by atoms with E-state index in [1.54, 1.807) is 0 Å². The Morgan fingerprint density at radius 1 is 0.870 bits per heavy atom. The summed E-state index contributed by atoms with van der Waals surface area (Å²) >= 11 is 0. The Morgan fingerprint density at radius 3 is 2.00 bits per heavy atom. The third-order valence-corrected chi connectivity index (χ3v) is 4.02. The number of benzene rings is 2. The van der Waals surface area contributed by atoms with Crippen molar-refractivity contribution in [3.63, 3.8) is 0 Å². The van der Waals surface area contributed by atoms with Gasteiger partial charge in [0.2, 0.25) is 0 Å². The van der Waals surface area contributed by atoms with Gasteiger partial charge >= 0.3 is 0 Å². The fourth-order valence-corrected chi connectivity index (χ4v) is 2.53. The van der Waals surface area contributed by atoms with Gasteiger partial charge in [-0.2, -0.15) is 0 Å². The summed E-state index contributed by atoms with van der Waals surface area (Å²) in [6.07, 6.45) is 0. The summed E-state index contributed by atoms with van der Waals surface area (Å²) in [6.45, 7) is 13.7. The van der Waals surface area contributed by atoms with Crippen molar-refractivity contribution in [1.29, 1.82) is 0 Å². The van der Waals surface area contributed by atoms with Crippen molar-refractivity contribution >= 4 is 5.69 Å². The number of hydrogen-bond donors (Lipinski definition) is 1. The van der Waals surface area contributed by atoms with Gasteiger partial charge in [-0.3, -0.25) is 0 Å². The summed E-state index contributed by atoms with van der Waals surface area (Å²) in [7, 11) is 0. The van der Waals surface area contributed by atoms with E-state index in [2.05, 4.69) is 65.8 Å². The Balaban J connectivity index is 2.41. The van der Waals surface area contributed by atoms with Gasteiger partial charge in [0.1, 0.15) is 12.4 Å².